The summed E-state index contributed by atoms with van der Waals surface area (Å²) in [7, 11) is 0. The van der Waals surface area contributed by atoms with E-state index in [1.807, 2.05) is 19.1 Å². The first-order valence-electron chi connectivity index (χ1n) is 9.48. The highest BCUT2D eigenvalue weighted by Gasteiger charge is 2.34. The summed E-state index contributed by atoms with van der Waals surface area (Å²) in [6.07, 6.45) is 4.17. The van der Waals surface area contributed by atoms with Crippen LogP contribution in [0.4, 0.5) is 14.7 Å². The summed E-state index contributed by atoms with van der Waals surface area (Å²) < 4.78 is 28.1. The van der Waals surface area contributed by atoms with Crippen molar-refractivity contribution < 1.29 is 8.78 Å². The molecule has 1 saturated carbocycles. The molecule has 0 aromatic carbocycles. The summed E-state index contributed by atoms with van der Waals surface area (Å²) in [5, 5.41) is 8.07. The number of nitrogens with zero attached hydrogens (tertiary/aromatic N) is 5. The molecule has 0 spiro atoms. The van der Waals surface area contributed by atoms with Gasteiger partial charge in [-0.15, -0.1) is 0 Å². The molecule has 0 radical (unpaired) electrons. The van der Waals surface area contributed by atoms with Gasteiger partial charge in [0, 0.05) is 36.7 Å². The van der Waals surface area contributed by atoms with E-state index in [1.54, 1.807) is 16.9 Å². The van der Waals surface area contributed by atoms with E-state index in [0.717, 1.165) is 11.3 Å². The van der Waals surface area contributed by atoms with Gasteiger partial charge in [0.1, 0.15) is 0 Å². The zero-order valence-corrected chi connectivity index (χ0v) is 16.8. The molecule has 3 aromatic rings. The van der Waals surface area contributed by atoms with E-state index in [-0.39, 0.29) is 18.8 Å². The number of anilines is 1. The second-order valence-corrected chi connectivity index (χ2v) is 7.81. The lowest BCUT2D eigenvalue weighted by molar-refractivity contribution is -0.0443. The fourth-order valence-electron chi connectivity index (χ4n) is 3.53. The molecule has 0 unspecified atom stereocenters. The first-order valence-corrected chi connectivity index (χ1v) is 9.85. The van der Waals surface area contributed by atoms with Crippen LogP contribution in [0.2, 0.25) is 5.15 Å². The fraction of sp³-hybridized carbons (Fsp3) is 0.400. The number of aryl methyl sites for hydroxylation is 1. The second-order valence-electron chi connectivity index (χ2n) is 7.42. The first kappa shape index (κ1) is 19.7. The van der Waals surface area contributed by atoms with Crippen LogP contribution in [0.3, 0.4) is 0 Å². The molecule has 1 aliphatic carbocycles. The monoisotopic (exact) mass is 418 g/mol. The highest BCUT2D eigenvalue weighted by Crippen LogP contribution is 2.36. The van der Waals surface area contributed by atoms with Crippen LogP contribution in [-0.2, 0) is 0 Å². The van der Waals surface area contributed by atoms with Gasteiger partial charge in [-0.2, -0.15) is 5.10 Å². The predicted molar refractivity (Wildman–Crippen MR) is 108 cm³/mol. The number of aromatic nitrogens is 5. The summed E-state index contributed by atoms with van der Waals surface area (Å²) in [6, 6.07) is 3.64. The average molecular weight is 419 g/mol. The Hall–Kier alpha value is -2.61. The zero-order valence-electron chi connectivity index (χ0n) is 16.0. The van der Waals surface area contributed by atoms with Gasteiger partial charge in [-0.3, -0.25) is 0 Å². The van der Waals surface area contributed by atoms with Crippen molar-refractivity contribution in [2.75, 3.05) is 11.9 Å². The number of nitrogens with one attached hydrogen (secondary N) is 1. The lowest BCUT2D eigenvalue weighted by atomic mass is 9.87. The third-order valence-corrected chi connectivity index (χ3v) is 5.58. The van der Waals surface area contributed by atoms with E-state index < -0.39 is 5.92 Å². The summed E-state index contributed by atoms with van der Waals surface area (Å²) in [6.45, 7) is 6.59. The number of rotatable bonds is 5. The average Bonchev–Trinajstić information content (AvgIpc) is 3.07. The number of fused-ring (bicyclic) bond motifs is 1. The van der Waals surface area contributed by atoms with Crippen molar-refractivity contribution >= 4 is 28.8 Å². The van der Waals surface area contributed by atoms with Crippen molar-refractivity contribution in [1.82, 2.24) is 24.6 Å². The van der Waals surface area contributed by atoms with Crippen LogP contribution < -0.4 is 5.32 Å². The minimum Gasteiger partial charge on any atom is -0.354 e. The van der Waals surface area contributed by atoms with Gasteiger partial charge >= 0.3 is 0 Å². The molecule has 29 heavy (non-hydrogen) atoms. The van der Waals surface area contributed by atoms with Crippen LogP contribution >= 0.6 is 11.6 Å². The standard InChI is InChI=1S/C20H21ClF2N6/c1-12(16-3-4-18-24-11-17(21)29(18)28-16)15-10-26-19(27-13(15)2)25-9-14-5-7-20(22,23)8-6-14/h3-4,10-11,14H,1,5-9H2,2H3,(H,25,26,27). The second kappa shape index (κ2) is 7.67. The maximum Gasteiger partial charge on any atom is 0.248 e. The van der Waals surface area contributed by atoms with Gasteiger partial charge in [-0.1, -0.05) is 18.2 Å². The van der Waals surface area contributed by atoms with Gasteiger partial charge in [0.2, 0.25) is 11.9 Å². The van der Waals surface area contributed by atoms with E-state index >= 15 is 0 Å². The largest absolute Gasteiger partial charge is 0.354 e. The molecule has 0 amide bonds. The minimum atomic E-state index is -2.51. The van der Waals surface area contributed by atoms with E-state index in [0.29, 0.717) is 47.4 Å². The van der Waals surface area contributed by atoms with Crippen molar-refractivity contribution in [3.8, 4) is 0 Å². The molecule has 9 heteroatoms. The van der Waals surface area contributed by atoms with Crippen LogP contribution in [0.1, 0.15) is 42.6 Å². The molecule has 6 nitrogen and oxygen atoms in total. The Morgan fingerprint density at radius 3 is 2.76 bits per heavy atom. The third-order valence-electron chi connectivity index (χ3n) is 5.32. The molecule has 0 atom stereocenters. The molecular formula is C20H21ClF2N6. The normalized spacial score (nSPS) is 16.8. The summed E-state index contributed by atoms with van der Waals surface area (Å²) >= 11 is 6.10. The van der Waals surface area contributed by atoms with Crippen molar-refractivity contribution in [3.63, 3.8) is 0 Å². The highest BCUT2D eigenvalue weighted by molar-refractivity contribution is 6.29. The van der Waals surface area contributed by atoms with Crippen molar-refractivity contribution in [3.05, 3.63) is 53.2 Å². The van der Waals surface area contributed by atoms with Crippen LogP contribution in [-0.4, -0.2) is 37.0 Å². The Morgan fingerprint density at radius 2 is 2.03 bits per heavy atom. The molecule has 0 aliphatic heterocycles. The molecule has 0 bridgehead atoms. The molecule has 1 aliphatic rings. The van der Waals surface area contributed by atoms with Crippen LogP contribution in [0, 0.1) is 12.8 Å². The molecule has 1 N–H and O–H groups in total. The topological polar surface area (TPSA) is 68.0 Å². The Bertz CT molecular complexity index is 1050. The van der Waals surface area contributed by atoms with Gasteiger partial charge in [0.15, 0.2) is 10.8 Å². The number of hydrogen-bond donors (Lipinski definition) is 1. The molecular weight excluding hydrogens is 398 g/mol. The zero-order chi connectivity index (χ0) is 20.6. The maximum absolute atomic E-state index is 13.3. The Labute approximate surface area is 172 Å². The number of imidazole rings is 1. The Balaban J connectivity index is 1.45. The van der Waals surface area contributed by atoms with E-state index in [2.05, 4.69) is 31.9 Å². The van der Waals surface area contributed by atoms with Crippen molar-refractivity contribution in [1.29, 1.82) is 0 Å². The van der Waals surface area contributed by atoms with Crippen LogP contribution in [0.25, 0.3) is 11.2 Å². The van der Waals surface area contributed by atoms with Gasteiger partial charge in [0.05, 0.1) is 17.6 Å². The molecule has 1 fully saturated rings. The van der Waals surface area contributed by atoms with Gasteiger partial charge in [-0.25, -0.2) is 28.2 Å². The molecule has 4 rings (SSSR count). The lowest BCUT2D eigenvalue weighted by Gasteiger charge is -2.28. The van der Waals surface area contributed by atoms with Crippen LogP contribution in [0.5, 0.6) is 0 Å². The molecule has 3 heterocycles. The first-order chi connectivity index (χ1) is 13.8. The predicted octanol–water partition coefficient (Wildman–Crippen LogP) is 4.78. The lowest BCUT2D eigenvalue weighted by Crippen LogP contribution is -2.28. The summed E-state index contributed by atoms with van der Waals surface area (Å²) in [4.78, 5) is 13.0. The fourth-order valence-corrected chi connectivity index (χ4v) is 3.71. The van der Waals surface area contributed by atoms with E-state index in [9.17, 15) is 8.78 Å². The highest BCUT2D eigenvalue weighted by atomic mass is 35.5. The quantitative estimate of drug-likeness (QED) is 0.645. The van der Waals surface area contributed by atoms with E-state index in [4.69, 9.17) is 11.6 Å². The maximum atomic E-state index is 13.3. The SMILES string of the molecule is C=C(c1ccc2ncc(Cl)n2n1)c1cnc(NCC2CCC(F)(F)CC2)nc1C. The summed E-state index contributed by atoms with van der Waals surface area (Å²) in [5.74, 6) is -1.81. The van der Waals surface area contributed by atoms with Crippen molar-refractivity contribution in [2.24, 2.45) is 5.92 Å². The summed E-state index contributed by atoms with van der Waals surface area (Å²) in [5.41, 5.74) is 3.50. The molecule has 3 aromatic heterocycles. The number of hydrogen-bond acceptors (Lipinski definition) is 5. The third kappa shape index (κ3) is 4.22. The number of halogens is 3. The Kier molecular flexibility index (Phi) is 5.21. The van der Waals surface area contributed by atoms with E-state index in [1.165, 1.54) is 0 Å². The van der Waals surface area contributed by atoms with Gasteiger partial charge in [-0.05, 0) is 37.8 Å². The molecule has 0 saturated heterocycles. The van der Waals surface area contributed by atoms with Gasteiger partial charge < -0.3 is 5.32 Å². The molecule has 152 valence electrons. The van der Waals surface area contributed by atoms with Crippen LogP contribution in [0.15, 0.2) is 31.1 Å². The number of alkyl halides is 2. The minimum absolute atomic E-state index is 0.0454. The van der Waals surface area contributed by atoms with Crippen molar-refractivity contribution in [2.45, 2.75) is 38.5 Å². The van der Waals surface area contributed by atoms with Gasteiger partial charge in [0.25, 0.3) is 0 Å². The Morgan fingerprint density at radius 1 is 1.28 bits per heavy atom. The smallest absolute Gasteiger partial charge is 0.248 e.